The number of nitrogens with zero attached hydrogens (tertiary/aromatic N) is 1. The van der Waals surface area contributed by atoms with Crippen LogP contribution in [0, 0.1) is 0 Å². The largest absolute Gasteiger partial charge is 0.462 e. The molecule has 0 heterocycles. The molecular formula is C21H25ClN2O5S. The molecule has 0 atom stereocenters. The summed E-state index contributed by atoms with van der Waals surface area (Å²) in [5, 5.41) is 3.06. The Morgan fingerprint density at radius 2 is 1.67 bits per heavy atom. The predicted octanol–water partition coefficient (Wildman–Crippen LogP) is 3.95. The van der Waals surface area contributed by atoms with Crippen molar-refractivity contribution in [3.63, 3.8) is 0 Å². The van der Waals surface area contributed by atoms with Gasteiger partial charge >= 0.3 is 5.97 Å². The van der Waals surface area contributed by atoms with Gasteiger partial charge in [0.25, 0.3) is 0 Å². The molecule has 0 spiro atoms. The third kappa shape index (κ3) is 6.55. The molecule has 0 aliphatic rings. The molecule has 2 rings (SSSR count). The van der Waals surface area contributed by atoms with Crippen molar-refractivity contribution < 1.29 is 22.7 Å². The smallest absolute Gasteiger partial charge is 0.338 e. The first-order valence-corrected chi connectivity index (χ1v) is 11.4. The van der Waals surface area contributed by atoms with E-state index in [-0.39, 0.29) is 18.0 Å². The fraction of sp³-hybridized carbons (Fsp3) is 0.333. The highest BCUT2D eigenvalue weighted by molar-refractivity contribution is 7.89. The van der Waals surface area contributed by atoms with E-state index in [1.54, 1.807) is 31.2 Å². The van der Waals surface area contributed by atoms with Crippen molar-refractivity contribution in [1.82, 2.24) is 4.31 Å². The molecule has 9 heteroatoms. The van der Waals surface area contributed by atoms with E-state index in [1.807, 2.05) is 6.92 Å². The van der Waals surface area contributed by atoms with Crippen LogP contribution in [0.3, 0.4) is 0 Å². The average molecular weight is 453 g/mol. The standard InChI is InChI=1S/C21H25ClN2O5S/c1-3-5-14-29-21(26)16-6-10-18(11-7-16)23-20(25)15-24(4-2)30(27,28)19-12-8-17(22)9-13-19/h6-13H,3-5,14-15H2,1-2H3,(H,23,25). The Labute approximate surface area is 182 Å². The maximum atomic E-state index is 12.7. The summed E-state index contributed by atoms with van der Waals surface area (Å²) in [7, 11) is -3.83. The van der Waals surface area contributed by atoms with Gasteiger partial charge in [-0.3, -0.25) is 4.79 Å². The molecule has 0 aromatic heterocycles. The van der Waals surface area contributed by atoms with Crippen molar-refractivity contribution in [1.29, 1.82) is 0 Å². The Balaban J connectivity index is 1.99. The molecule has 2 aromatic carbocycles. The first kappa shape index (κ1) is 23.9. The number of halogens is 1. The number of carbonyl (C=O) groups excluding carboxylic acids is 2. The number of anilines is 1. The Morgan fingerprint density at radius 3 is 2.23 bits per heavy atom. The predicted molar refractivity (Wildman–Crippen MR) is 116 cm³/mol. The van der Waals surface area contributed by atoms with Gasteiger partial charge in [-0.05, 0) is 55.0 Å². The van der Waals surface area contributed by atoms with Crippen LogP contribution in [0.25, 0.3) is 0 Å². The zero-order valence-electron chi connectivity index (χ0n) is 16.9. The van der Waals surface area contributed by atoms with Crippen LogP contribution in [0.1, 0.15) is 37.0 Å². The maximum Gasteiger partial charge on any atom is 0.338 e. The topological polar surface area (TPSA) is 92.8 Å². The molecule has 0 aliphatic heterocycles. The van der Waals surface area contributed by atoms with Crippen LogP contribution in [-0.4, -0.2) is 44.3 Å². The summed E-state index contributed by atoms with van der Waals surface area (Å²) in [6, 6.07) is 12.0. The molecule has 30 heavy (non-hydrogen) atoms. The van der Waals surface area contributed by atoms with E-state index in [2.05, 4.69) is 5.32 Å². The van der Waals surface area contributed by atoms with Crippen LogP contribution in [0.2, 0.25) is 5.02 Å². The Hall–Kier alpha value is -2.42. The van der Waals surface area contributed by atoms with Crippen LogP contribution >= 0.6 is 11.6 Å². The summed E-state index contributed by atoms with van der Waals surface area (Å²) in [4.78, 5) is 24.4. The second kappa shape index (κ2) is 11.1. The molecule has 0 saturated carbocycles. The SMILES string of the molecule is CCCCOC(=O)c1ccc(NC(=O)CN(CC)S(=O)(=O)c2ccc(Cl)cc2)cc1. The molecule has 0 radical (unpaired) electrons. The number of ether oxygens (including phenoxy) is 1. The Kier molecular flexibility index (Phi) is 8.83. The molecule has 0 fully saturated rings. The first-order chi connectivity index (χ1) is 14.3. The summed E-state index contributed by atoms with van der Waals surface area (Å²) >= 11 is 5.81. The van der Waals surface area contributed by atoms with E-state index >= 15 is 0 Å². The number of rotatable bonds is 10. The quantitative estimate of drug-likeness (QED) is 0.435. The highest BCUT2D eigenvalue weighted by Gasteiger charge is 2.25. The average Bonchev–Trinajstić information content (AvgIpc) is 2.72. The fourth-order valence-electron chi connectivity index (χ4n) is 2.57. The Bertz CT molecular complexity index is 960. The van der Waals surface area contributed by atoms with Gasteiger partial charge in [-0.15, -0.1) is 0 Å². The number of likely N-dealkylation sites (N-methyl/N-ethyl adjacent to an activating group) is 1. The van der Waals surface area contributed by atoms with Crippen molar-refractivity contribution in [3.05, 3.63) is 59.1 Å². The Morgan fingerprint density at radius 1 is 1.03 bits per heavy atom. The number of sulfonamides is 1. The third-order valence-electron chi connectivity index (χ3n) is 4.26. The zero-order valence-corrected chi connectivity index (χ0v) is 18.5. The highest BCUT2D eigenvalue weighted by Crippen LogP contribution is 2.18. The van der Waals surface area contributed by atoms with Gasteiger partial charge in [0.2, 0.25) is 15.9 Å². The summed E-state index contributed by atoms with van der Waals surface area (Å²) in [6.07, 6.45) is 1.73. The number of benzene rings is 2. The van der Waals surface area contributed by atoms with E-state index in [0.29, 0.717) is 22.9 Å². The van der Waals surface area contributed by atoms with E-state index < -0.39 is 21.9 Å². The second-order valence-electron chi connectivity index (χ2n) is 6.50. The number of amides is 1. The van der Waals surface area contributed by atoms with Gasteiger partial charge in [-0.1, -0.05) is 31.9 Å². The summed E-state index contributed by atoms with van der Waals surface area (Å²) < 4.78 is 31.7. The van der Waals surface area contributed by atoms with Gasteiger partial charge in [-0.2, -0.15) is 4.31 Å². The van der Waals surface area contributed by atoms with Crippen molar-refractivity contribution in [2.45, 2.75) is 31.6 Å². The number of hydrogen-bond acceptors (Lipinski definition) is 5. The summed E-state index contributed by atoms with van der Waals surface area (Å²) in [5.74, 6) is -0.916. The van der Waals surface area contributed by atoms with E-state index in [1.165, 1.54) is 24.3 Å². The number of hydrogen-bond donors (Lipinski definition) is 1. The molecule has 162 valence electrons. The van der Waals surface area contributed by atoms with E-state index in [9.17, 15) is 18.0 Å². The molecule has 0 bridgehead atoms. The highest BCUT2D eigenvalue weighted by atomic mass is 35.5. The number of esters is 1. The van der Waals surface area contributed by atoms with Gasteiger partial charge < -0.3 is 10.1 Å². The maximum absolute atomic E-state index is 12.7. The zero-order chi connectivity index (χ0) is 22.1. The number of carbonyl (C=O) groups is 2. The molecule has 1 amide bonds. The van der Waals surface area contributed by atoms with Crippen molar-refractivity contribution >= 4 is 39.2 Å². The minimum absolute atomic E-state index is 0.0625. The second-order valence-corrected chi connectivity index (χ2v) is 8.87. The van der Waals surface area contributed by atoms with Crippen molar-refractivity contribution in [3.8, 4) is 0 Å². The molecule has 2 aromatic rings. The number of unbranched alkanes of at least 4 members (excludes halogenated alkanes) is 1. The van der Waals surface area contributed by atoms with Gasteiger partial charge in [0, 0.05) is 17.3 Å². The van der Waals surface area contributed by atoms with Crippen LogP contribution in [0.5, 0.6) is 0 Å². The van der Waals surface area contributed by atoms with Gasteiger partial charge in [-0.25, -0.2) is 13.2 Å². The first-order valence-electron chi connectivity index (χ1n) is 9.60. The summed E-state index contributed by atoms with van der Waals surface area (Å²) in [5.41, 5.74) is 0.828. The van der Waals surface area contributed by atoms with E-state index in [0.717, 1.165) is 17.1 Å². The third-order valence-corrected chi connectivity index (χ3v) is 6.45. The van der Waals surface area contributed by atoms with Crippen molar-refractivity contribution in [2.75, 3.05) is 25.0 Å². The van der Waals surface area contributed by atoms with Gasteiger partial charge in [0.1, 0.15) is 0 Å². The van der Waals surface area contributed by atoms with Crippen LogP contribution < -0.4 is 5.32 Å². The van der Waals surface area contributed by atoms with Crippen molar-refractivity contribution in [2.24, 2.45) is 0 Å². The lowest BCUT2D eigenvalue weighted by Crippen LogP contribution is -2.37. The molecule has 1 N–H and O–H groups in total. The number of nitrogens with one attached hydrogen (secondary N) is 1. The monoisotopic (exact) mass is 452 g/mol. The fourth-order valence-corrected chi connectivity index (χ4v) is 4.10. The minimum Gasteiger partial charge on any atom is -0.462 e. The molecule has 0 aliphatic carbocycles. The summed E-state index contributed by atoms with van der Waals surface area (Å²) in [6.45, 7) is 3.80. The molecule has 0 unspecified atom stereocenters. The lowest BCUT2D eigenvalue weighted by molar-refractivity contribution is -0.116. The van der Waals surface area contributed by atoms with Crippen LogP contribution in [-0.2, 0) is 19.6 Å². The minimum atomic E-state index is -3.83. The molecule has 7 nitrogen and oxygen atoms in total. The molecular weight excluding hydrogens is 428 g/mol. The van der Waals surface area contributed by atoms with E-state index in [4.69, 9.17) is 16.3 Å². The normalized spacial score (nSPS) is 11.3. The van der Waals surface area contributed by atoms with Gasteiger partial charge in [0.15, 0.2) is 0 Å². The van der Waals surface area contributed by atoms with Crippen LogP contribution in [0.4, 0.5) is 5.69 Å². The molecule has 0 saturated heterocycles. The lowest BCUT2D eigenvalue weighted by Gasteiger charge is -2.20. The van der Waals surface area contributed by atoms with Gasteiger partial charge in [0.05, 0.1) is 23.6 Å². The van der Waals surface area contributed by atoms with Crippen LogP contribution in [0.15, 0.2) is 53.4 Å². The lowest BCUT2D eigenvalue weighted by atomic mass is 10.2.